The SMILES string of the molecule is CO[N+](C)(C)CCCCS(=O)(=O)[O-]. The van der Waals surface area contributed by atoms with Gasteiger partial charge in [-0.1, -0.05) is 0 Å². The molecule has 80 valence electrons. The normalized spacial score (nSPS) is 13.2. The van der Waals surface area contributed by atoms with Crippen molar-refractivity contribution in [2.45, 2.75) is 12.8 Å². The number of nitrogens with zero attached hydrogens (tertiary/aromatic N) is 1. The predicted molar refractivity (Wildman–Crippen MR) is 47.8 cm³/mol. The summed E-state index contributed by atoms with van der Waals surface area (Å²) in [5.41, 5.74) is 0. The predicted octanol–water partition coefficient (Wildman–Crippen LogP) is -0.0504. The van der Waals surface area contributed by atoms with Crippen LogP contribution in [0, 0.1) is 0 Å². The van der Waals surface area contributed by atoms with E-state index in [2.05, 4.69) is 0 Å². The highest BCUT2D eigenvalue weighted by atomic mass is 32.2. The highest BCUT2D eigenvalue weighted by molar-refractivity contribution is 7.85. The van der Waals surface area contributed by atoms with Crippen molar-refractivity contribution in [1.29, 1.82) is 0 Å². The number of hydrogen-bond acceptors (Lipinski definition) is 4. The molecule has 0 heterocycles. The van der Waals surface area contributed by atoms with Crippen LogP contribution in [0.3, 0.4) is 0 Å². The fraction of sp³-hybridized carbons (Fsp3) is 1.00. The van der Waals surface area contributed by atoms with Crippen LogP contribution in [0.25, 0.3) is 0 Å². The molecule has 0 atom stereocenters. The molecule has 0 unspecified atom stereocenters. The Morgan fingerprint density at radius 2 is 1.85 bits per heavy atom. The zero-order chi connectivity index (χ0) is 10.5. The second kappa shape index (κ2) is 4.90. The van der Waals surface area contributed by atoms with E-state index in [1.54, 1.807) is 7.11 Å². The maximum absolute atomic E-state index is 10.2. The van der Waals surface area contributed by atoms with E-state index in [4.69, 9.17) is 4.84 Å². The molecule has 5 nitrogen and oxygen atoms in total. The Labute approximate surface area is 79.6 Å². The van der Waals surface area contributed by atoms with Crippen molar-refractivity contribution in [3.63, 3.8) is 0 Å². The van der Waals surface area contributed by atoms with Gasteiger partial charge in [-0.15, -0.1) is 0 Å². The van der Waals surface area contributed by atoms with Gasteiger partial charge in [0.25, 0.3) is 0 Å². The maximum Gasteiger partial charge on any atom is 0.108 e. The summed E-state index contributed by atoms with van der Waals surface area (Å²) in [6.07, 6.45) is 1.07. The van der Waals surface area contributed by atoms with Gasteiger partial charge in [0.05, 0.1) is 31.3 Å². The molecule has 0 saturated heterocycles. The summed E-state index contributed by atoms with van der Waals surface area (Å²) >= 11 is 0. The van der Waals surface area contributed by atoms with Gasteiger partial charge in [0.15, 0.2) is 0 Å². The summed E-state index contributed by atoms with van der Waals surface area (Å²) in [4.78, 5) is 5.08. The van der Waals surface area contributed by atoms with E-state index in [1.165, 1.54) is 0 Å². The Kier molecular flexibility index (Phi) is 4.83. The lowest BCUT2D eigenvalue weighted by Crippen LogP contribution is -2.39. The van der Waals surface area contributed by atoms with Crippen LogP contribution in [-0.4, -0.2) is 51.1 Å². The van der Waals surface area contributed by atoms with Gasteiger partial charge < -0.3 is 4.55 Å². The molecule has 0 aromatic heterocycles. The summed E-state index contributed by atoms with van der Waals surface area (Å²) < 4.78 is 31.1. The lowest BCUT2D eigenvalue weighted by molar-refractivity contribution is -1.07. The molecule has 0 aromatic carbocycles. The number of rotatable bonds is 6. The zero-order valence-corrected chi connectivity index (χ0v) is 9.13. The quantitative estimate of drug-likeness (QED) is 0.267. The first-order chi connectivity index (χ1) is 5.77. The van der Waals surface area contributed by atoms with Gasteiger partial charge in [-0.3, -0.25) is 0 Å². The molecule has 0 fully saturated rings. The van der Waals surface area contributed by atoms with Crippen LogP contribution in [-0.2, 0) is 15.0 Å². The van der Waals surface area contributed by atoms with Crippen molar-refractivity contribution >= 4 is 10.1 Å². The Balaban J connectivity index is 3.58. The van der Waals surface area contributed by atoms with E-state index in [0.717, 1.165) is 0 Å². The minimum atomic E-state index is -4.05. The number of hydroxylamine groups is 3. The first kappa shape index (κ1) is 12.8. The fourth-order valence-electron chi connectivity index (χ4n) is 0.863. The van der Waals surface area contributed by atoms with E-state index in [9.17, 15) is 13.0 Å². The Bertz CT molecular complexity index is 235. The average Bonchev–Trinajstić information content (AvgIpc) is 1.97. The van der Waals surface area contributed by atoms with Gasteiger partial charge in [0, 0.05) is 12.2 Å². The molecule has 0 saturated carbocycles. The van der Waals surface area contributed by atoms with Crippen LogP contribution in [0.2, 0.25) is 0 Å². The van der Waals surface area contributed by atoms with Crippen LogP contribution in [0.1, 0.15) is 12.8 Å². The lowest BCUT2D eigenvalue weighted by Gasteiger charge is -2.24. The van der Waals surface area contributed by atoms with Crippen molar-refractivity contribution in [3.8, 4) is 0 Å². The molecule has 0 aliphatic heterocycles. The standard InChI is InChI=1S/C7H17NO4S/c1-8(2,12-3)6-4-5-7-13(9,10)11/h4-7H2,1-3H3. The van der Waals surface area contributed by atoms with Crippen molar-refractivity contribution in [3.05, 3.63) is 0 Å². The van der Waals surface area contributed by atoms with E-state index in [1.807, 2.05) is 14.1 Å². The average molecular weight is 211 g/mol. The van der Waals surface area contributed by atoms with Gasteiger partial charge in [-0.2, -0.15) is 4.65 Å². The summed E-state index contributed by atoms with van der Waals surface area (Å²) in [5.74, 6) is -0.281. The molecule has 0 spiro atoms. The molecular formula is C7H17NO4S. The molecule has 0 aliphatic carbocycles. The van der Waals surface area contributed by atoms with E-state index >= 15 is 0 Å². The van der Waals surface area contributed by atoms with Crippen LogP contribution in [0.5, 0.6) is 0 Å². The molecule has 0 radical (unpaired) electrons. The Morgan fingerprint density at radius 3 is 2.23 bits per heavy atom. The van der Waals surface area contributed by atoms with Crippen molar-refractivity contribution in [1.82, 2.24) is 0 Å². The summed E-state index contributed by atoms with van der Waals surface area (Å²) in [7, 11) is 1.27. The molecule has 0 N–H and O–H groups in total. The highest BCUT2D eigenvalue weighted by Crippen LogP contribution is 2.02. The van der Waals surface area contributed by atoms with Crippen LogP contribution >= 0.6 is 0 Å². The summed E-state index contributed by atoms with van der Waals surface area (Å²) in [6.45, 7) is 0.700. The third-order valence-electron chi connectivity index (χ3n) is 1.84. The largest absolute Gasteiger partial charge is 0.748 e. The first-order valence-electron chi connectivity index (χ1n) is 4.09. The molecule has 0 bridgehead atoms. The minimum absolute atomic E-state index is 0.281. The van der Waals surface area contributed by atoms with Gasteiger partial charge in [-0.05, 0) is 6.42 Å². The van der Waals surface area contributed by atoms with Gasteiger partial charge >= 0.3 is 0 Å². The number of hydrogen-bond donors (Lipinski definition) is 0. The number of quaternary nitrogens is 1. The molecule has 0 rings (SSSR count). The summed E-state index contributed by atoms with van der Waals surface area (Å²) in [6, 6.07) is 0. The molecule has 0 aromatic rings. The lowest BCUT2D eigenvalue weighted by atomic mass is 10.3. The van der Waals surface area contributed by atoms with E-state index in [0.29, 0.717) is 24.0 Å². The third-order valence-corrected chi connectivity index (χ3v) is 2.62. The highest BCUT2D eigenvalue weighted by Gasteiger charge is 2.13. The van der Waals surface area contributed by atoms with Crippen LogP contribution in [0.15, 0.2) is 0 Å². The molecule has 0 aliphatic rings. The molecular weight excluding hydrogens is 194 g/mol. The van der Waals surface area contributed by atoms with E-state index < -0.39 is 10.1 Å². The third kappa shape index (κ3) is 8.17. The summed E-state index contributed by atoms with van der Waals surface area (Å²) in [5, 5.41) is 0. The first-order valence-corrected chi connectivity index (χ1v) is 5.67. The maximum atomic E-state index is 10.2. The van der Waals surface area contributed by atoms with Gasteiger partial charge in [-0.25, -0.2) is 13.3 Å². The second-order valence-corrected chi connectivity index (χ2v) is 4.97. The smallest absolute Gasteiger partial charge is 0.108 e. The van der Waals surface area contributed by atoms with Crippen LogP contribution in [0.4, 0.5) is 0 Å². The molecule has 0 amide bonds. The van der Waals surface area contributed by atoms with Gasteiger partial charge in [0.2, 0.25) is 0 Å². The fourth-order valence-corrected chi connectivity index (χ4v) is 1.42. The van der Waals surface area contributed by atoms with Crippen molar-refractivity contribution < 1.29 is 22.5 Å². The zero-order valence-electron chi connectivity index (χ0n) is 8.32. The second-order valence-electron chi connectivity index (χ2n) is 3.45. The Morgan fingerprint density at radius 1 is 1.31 bits per heavy atom. The van der Waals surface area contributed by atoms with Crippen molar-refractivity contribution in [2.75, 3.05) is 33.5 Å². The molecule has 6 heteroatoms. The minimum Gasteiger partial charge on any atom is -0.748 e. The van der Waals surface area contributed by atoms with Gasteiger partial charge in [0.1, 0.15) is 6.54 Å². The topological polar surface area (TPSA) is 66.4 Å². The number of unbranched alkanes of at least 4 members (excludes halogenated alkanes) is 1. The Hall–Kier alpha value is -0.170. The van der Waals surface area contributed by atoms with Crippen molar-refractivity contribution in [2.24, 2.45) is 0 Å². The molecule has 13 heavy (non-hydrogen) atoms. The monoisotopic (exact) mass is 211 g/mol. The van der Waals surface area contributed by atoms with E-state index in [-0.39, 0.29) is 5.75 Å². The van der Waals surface area contributed by atoms with Crippen LogP contribution < -0.4 is 0 Å².